The van der Waals surface area contributed by atoms with Crippen molar-refractivity contribution in [3.8, 4) is 17.2 Å². The molecule has 2 amide bonds. The van der Waals surface area contributed by atoms with Gasteiger partial charge in [-0.05, 0) is 42.8 Å². The van der Waals surface area contributed by atoms with Gasteiger partial charge >= 0.3 is 0 Å². The number of methoxy groups -OCH3 is 3. The van der Waals surface area contributed by atoms with Gasteiger partial charge in [-0.25, -0.2) is 0 Å². The Labute approximate surface area is 167 Å². The first-order valence-electron chi connectivity index (χ1n) is 8.65. The molecule has 28 heavy (non-hydrogen) atoms. The molecule has 0 fully saturated rings. The highest BCUT2D eigenvalue weighted by Crippen LogP contribution is 2.38. The lowest BCUT2D eigenvalue weighted by molar-refractivity contribution is -0.115. The van der Waals surface area contributed by atoms with Crippen molar-refractivity contribution in [3.05, 3.63) is 41.5 Å². The lowest BCUT2D eigenvalue weighted by Crippen LogP contribution is -2.27. The molecule has 2 aromatic carbocycles. The Morgan fingerprint density at radius 2 is 1.79 bits per heavy atom. The molecule has 1 unspecified atom stereocenters. The minimum absolute atomic E-state index is 0.0625. The maximum Gasteiger partial charge on any atom is 0.251 e. The van der Waals surface area contributed by atoms with E-state index in [4.69, 9.17) is 14.2 Å². The number of benzene rings is 2. The highest BCUT2D eigenvalue weighted by Gasteiger charge is 2.23. The molecule has 2 aromatic rings. The molecule has 0 aliphatic carbocycles. The first-order valence-corrected chi connectivity index (χ1v) is 9.53. The summed E-state index contributed by atoms with van der Waals surface area (Å²) >= 11 is 1.48. The van der Waals surface area contributed by atoms with E-state index in [1.54, 1.807) is 38.5 Å². The lowest BCUT2D eigenvalue weighted by atomic mass is 10.1. The molecule has 1 atom stereocenters. The van der Waals surface area contributed by atoms with Gasteiger partial charge in [-0.3, -0.25) is 9.59 Å². The van der Waals surface area contributed by atoms with Crippen LogP contribution >= 0.6 is 11.8 Å². The van der Waals surface area contributed by atoms with Gasteiger partial charge in [0.15, 0.2) is 11.5 Å². The van der Waals surface area contributed by atoms with Crippen molar-refractivity contribution in [1.29, 1.82) is 0 Å². The van der Waals surface area contributed by atoms with E-state index in [9.17, 15) is 9.59 Å². The van der Waals surface area contributed by atoms with Crippen molar-refractivity contribution in [1.82, 2.24) is 5.32 Å². The maximum atomic E-state index is 12.6. The third kappa shape index (κ3) is 4.01. The molecule has 148 valence electrons. The van der Waals surface area contributed by atoms with E-state index >= 15 is 0 Å². The van der Waals surface area contributed by atoms with Gasteiger partial charge in [-0.15, -0.1) is 11.8 Å². The molecule has 8 heteroatoms. The van der Waals surface area contributed by atoms with Crippen LogP contribution in [0.25, 0.3) is 0 Å². The lowest BCUT2D eigenvalue weighted by Gasteiger charge is -2.21. The first kappa shape index (κ1) is 19.9. The number of rotatable bonds is 6. The molecular weight excluding hydrogens is 380 g/mol. The number of ether oxygens (including phenoxy) is 3. The molecule has 0 bridgehead atoms. The maximum absolute atomic E-state index is 12.6. The molecule has 0 aromatic heterocycles. The third-order valence-corrected chi connectivity index (χ3v) is 5.53. The number of thioether (sulfide) groups is 1. The minimum Gasteiger partial charge on any atom is -0.493 e. The van der Waals surface area contributed by atoms with Crippen LogP contribution in [0, 0.1) is 0 Å². The Morgan fingerprint density at radius 3 is 2.39 bits per heavy atom. The topological polar surface area (TPSA) is 85.9 Å². The Bertz CT molecular complexity index is 890. The van der Waals surface area contributed by atoms with E-state index in [1.165, 1.54) is 18.9 Å². The Balaban J connectivity index is 1.74. The van der Waals surface area contributed by atoms with Crippen LogP contribution < -0.4 is 24.8 Å². The van der Waals surface area contributed by atoms with E-state index < -0.39 is 0 Å². The smallest absolute Gasteiger partial charge is 0.251 e. The molecule has 0 saturated heterocycles. The first-order chi connectivity index (χ1) is 13.5. The average molecular weight is 402 g/mol. The summed E-state index contributed by atoms with van der Waals surface area (Å²) in [6.07, 6.45) is 0. The van der Waals surface area contributed by atoms with Crippen molar-refractivity contribution in [2.24, 2.45) is 0 Å². The highest BCUT2D eigenvalue weighted by molar-refractivity contribution is 8.00. The molecule has 1 heterocycles. The Hall–Kier alpha value is -2.87. The average Bonchev–Trinajstić information content (AvgIpc) is 2.71. The second-order valence-corrected chi connectivity index (χ2v) is 7.56. The van der Waals surface area contributed by atoms with Crippen LogP contribution in [0.5, 0.6) is 17.2 Å². The van der Waals surface area contributed by atoms with E-state index in [-0.39, 0.29) is 23.6 Å². The summed E-state index contributed by atoms with van der Waals surface area (Å²) in [7, 11) is 4.62. The van der Waals surface area contributed by atoms with Crippen molar-refractivity contribution in [2.75, 3.05) is 26.6 Å². The van der Waals surface area contributed by atoms with E-state index in [1.807, 2.05) is 13.0 Å². The summed E-state index contributed by atoms with van der Waals surface area (Å²) in [4.78, 5) is 25.4. The second kappa shape index (κ2) is 8.43. The van der Waals surface area contributed by atoms with Gasteiger partial charge < -0.3 is 24.8 Å². The largest absolute Gasteiger partial charge is 0.493 e. The molecule has 1 aliphatic heterocycles. The van der Waals surface area contributed by atoms with Crippen molar-refractivity contribution in [3.63, 3.8) is 0 Å². The van der Waals surface area contributed by atoms with Gasteiger partial charge in [-0.1, -0.05) is 0 Å². The summed E-state index contributed by atoms with van der Waals surface area (Å²) < 4.78 is 16.0. The second-order valence-electron chi connectivity index (χ2n) is 6.18. The minimum atomic E-state index is -0.241. The highest BCUT2D eigenvalue weighted by atomic mass is 32.2. The monoisotopic (exact) mass is 402 g/mol. The number of carbonyl (C=O) groups excluding carboxylic acids is 2. The molecule has 0 spiro atoms. The molecule has 3 rings (SSSR count). The van der Waals surface area contributed by atoms with E-state index in [2.05, 4.69) is 10.6 Å². The fraction of sp³-hybridized carbons (Fsp3) is 0.300. The standard InChI is InChI=1S/C20H22N2O5S/c1-11-19(23)22-14-9-13(5-6-17(14)28-11)20(24)21-10-12-7-15(25-2)18(27-4)16(8-12)26-3/h5-9,11H,10H2,1-4H3,(H,21,24)(H,22,23). The molecule has 7 nitrogen and oxygen atoms in total. The van der Waals surface area contributed by atoms with Crippen LogP contribution in [-0.2, 0) is 11.3 Å². The predicted octanol–water partition coefficient (Wildman–Crippen LogP) is 3.08. The van der Waals surface area contributed by atoms with Crippen molar-refractivity contribution in [2.45, 2.75) is 23.6 Å². The third-order valence-electron chi connectivity index (χ3n) is 4.35. The normalized spacial score (nSPS) is 15.3. The van der Waals surface area contributed by atoms with Gasteiger partial charge in [0.1, 0.15) is 0 Å². The summed E-state index contributed by atoms with van der Waals surface area (Å²) in [6.45, 7) is 2.13. The predicted molar refractivity (Wildman–Crippen MR) is 108 cm³/mol. The summed E-state index contributed by atoms with van der Waals surface area (Å²) in [6, 6.07) is 8.86. The molecule has 2 N–H and O–H groups in total. The zero-order valence-electron chi connectivity index (χ0n) is 16.1. The van der Waals surface area contributed by atoms with Crippen molar-refractivity contribution >= 4 is 29.3 Å². The molecule has 0 radical (unpaired) electrons. The van der Waals surface area contributed by atoms with Gasteiger partial charge in [0.2, 0.25) is 11.7 Å². The van der Waals surface area contributed by atoms with Crippen molar-refractivity contribution < 1.29 is 23.8 Å². The zero-order valence-corrected chi connectivity index (χ0v) is 16.9. The van der Waals surface area contributed by atoms with Gasteiger partial charge in [0, 0.05) is 17.0 Å². The van der Waals surface area contributed by atoms with Gasteiger partial charge in [0.05, 0.1) is 32.3 Å². The van der Waals surface area contributed by atoms with Crippen LogP contribution in [0.2, 0.25) is 0 Å². The fourth-order valence-electron chi connectivity index (χ4n) is 2.87. The Morgan fingerprint density at radius 1 is 1.11 bits per heavy atom. The van der Waals surface area contributed by atoms with E-state index in [0.29, 0.717) is 28.5 Å². The van der Waals surface area contributed by atoms with Crippen LogP contribution in [0.15, 0.2) is 35.2 Å². The molecular formula is C20H22N2O5S. The summed E-state index contributed by atoms with van der Waals surface area (Å²) in [5.41, 5.74) is 1.94. The number of anilines is 1. The zero-order chi connectivity index (χ0) is 20.3. The van der Waals surface area contributed by atoms with Crippen LogP contribution in [0.1, 0.15) is 22.8 Å². The number of nitrogens with one attached hydrogen (secondary N) is 2. The molecule has 1 aliphatic rings. The SMILES string of the molecule is COc1cc(CNC(=O)c2ccc3c(c2)NC(=O)C(C)S3)cc(OC)c1OC. The number of carbonyl (C=O) groups is 2. The van der Waals surface area contributed by atoms with Gasteiger partial charge in [-0.2, -0.15) is 0 Å². The molecule has 0 saturated carbocycles. The number of fused-ring (bicyclic) bond motifs is 1. The summed E-state index contributed by atoms with van der Waals surface area (Å²) in [5.74, 6) is 1.24. The van der Waals surface area contributed by atoms with Crippen LogP contribution in [0.4, 0.5) is 5.69 Å². The van der Waals surface area contributed by atoms with Crippen LogP contribution in [-0.4, -0.2) is 38.4 Å². The van der Waals surface area contributed by atoms with Crippen LogP contribution in [0.3, 0.4) is 0 Å². The van der Waals surface area contributed by atoms with Gasteiger partial charge in [0.25, 0.3) is 5.91 Å². The number of hydrogen-bond donors (Lipinski definition) is 2. The fourth-order valence-corrected chi connectivity index (χ4v) is 3.80. The quantitative estimate of drug-likeness (QED) is 0.772. The van der Waals surface area contributed by atoms with E-state index in [0.717, 1.165) is 10.5 Å². The Kier molecular flexibility index (Phi) is 5.99. The number of amides is 2. The number of hydrogen-bond acceptors (Lipinski definition) is 6. The summed E-state index contributed by atoms with van der Waals surface area (Å²) in [5, 5.41) is 5.56.